The number of likely N-dealkylation sites (tertiary alicyclic amines) is 1. The molecule has 2 aromatic carbocycles. The summed E-state index contributed by atoms with van der Waals surface area (Å²) in [4.78, 5) is 14.6. The number of nitrogens with zero attached hydrogens (tertiary/aromatic N) is 1. The van der Waals surface area contributed by atoms with Crippen molar-refractivity contribution in [2.75, 3.05) is 19.7 Å². The lowest BCUT2D eigenvalue weighted by Crippen LogP contribution is -3.11. The molecule has 6 heteroatoms. The van der Waals surface area contributed by atoms with E-state index in [-0.39, 0.29) is 11.7 Å². The van der Waals surface area contributed by atoms with Crippen LogP contribution in [0.4, 0.5) is 0 Å². The Morgan fingerprint density at radius 3 is 2.61 bits per heavy atom. The smallest absolute Gasteiger partial charge is 0.340 e. The molecule has 1 fully saturated rings. The number of quaternary nitrogens is 1. The molecule has 4 rings (SSSR count). The van der Waals surface area contributed by atoms with Crippen LogP contribution in [0, 0.1) is 5.92 Å². The van der Waals surface area contributed by atoms with Crippen LogP contribution in [-0.2, 0) is 17.8 Å². The van der Waals surface area contributed by atoms with Crippen LogP contribution < -0.4 is 4.90 Å². The number of hydrogen-bond donors (Lipinski definition) is 2. The number of carbonyl (C=O) groups excluding carboxylic acids is 1. The Morgan fingerprint density at radius 1 is 1.23 bits per heavy atom. The Hall–Kier alpha value is -2.31. The van der Waals surface area contributed by atoms with Gasteiger partial charge in [0.25, 0.3) is 0 Å². The predicted octanol–water partition coefficient (Wildman–Crippen LogP) is 4.15. The minimum absolute atomic E-state index is 0.126. The summed E-state index contributed by atoms with van der Waals surface area (Å²) in [5.41, 5.74) is 3.67. The third kappa shape index (κ3) is 4.65. The maximum atomic E-state index is 13.1. The largest absolute Gasteiger partial charge is 0.507 e. The monoisotopic (exact) mass is 485 g/mol. The van der Waals surface area contributed by atoms with Gasteiger partial charge in [-0.25, -0.2) is 4.79 Å². The number of phenols is 1. The summed E-state index contributed by atoms with van der Waals surface area (Å²) >= 11 is 3.46. The van der Waals surface area contributed by atoms with Crippen molar-refractivity contribution in [1.82, 2.24) is 4.57 Å². The second kappa shape index (κ2) is 9.45. The molecule has 0 aliphatic carbocycles. The molecule has 0 bridgehead atoms. The highest BCUT2D eigenvalue weighted by molar-refractivity contribution is 9.10. The molecule has 0 radical (unpaired) electrons. The lowest BCUT2D eigenvalue weighted by atomic mass is 9.99. The standard InChI is InChI=1S/C25H29BrN2O3/c1-3-31-25(30)24-19-13-23(29)20(26)14-21(19)28(15-18-7-5-4-6-8-18)22(24)16-27-11-9-17(2)10-12-27/h4-8,13-14,17,29H,3,9-12,15-16H2,1-2H3/p+1. The van der Waals surface area contributed by atoms with Crippen molar-refractivity contribution >= 4 is 32.8 Å². The Bertz CT molecular complexity index is 1070. The van der Waals surface area contributed by atoms with Gasteiger partial charge in [0, 0.05) is 11.9 Å². The summed E-state index contributed by atoms with van der Waals surface area (Å²) in [5, 5.41) is 11.1. The molecule has 5 nitrogen and oxygen atoms in total. The highest BCUT2D eigenvalue weighted by atomic mass is 79.9. The van der Waals surface area contributed by atoms with E-state index in [1.165, 1.54) is 23.3 Å². The minimum Gasteiger partial charge on any atom is -0.507 e. The molecule has 0 spiro atoms. The normalized spacial score (nSPS) is 18.9. The van der Waals surface area contributed by atoms with Gasteiger partial charge < -0.3 is 19.3 Å². The molecule has 1 aromatic heterocycles. The van der Waals surface area contributed by atoms with Gasteiger partial charge in [-0.2, -0.15) is 0 Å². The summed E-state index contributed by atoms with van der Waals surface area (Å²) in [5.74, 6) is 0.567. The zero-order chi connectivity index (χ0) is 22.0. The molecule has 2 N–H and O–H groups in total. The molecule has 1 aliphatic heterocycles. The molecule has 164 valence electrons. The molecule has 1 aliphatic rings. The number of rotatable bonds is 6. The topological polar surface area (TPSA) is 55.9 Å². The number of nitrogens with one attached hydrogen (secondary N) is 1. The maximum absolute atomic E-state index is 13.1. The van der Waals surface area contributed by atoms with Gasteiger partial charge in [-0.3, -0.25) is 0 Å². The van der Waals surface area contributed by atoms with Gasteiger partial charge in [-0.15, -0.1) is 0 Å². The fourth-order valence-electron chi connectivity index (χ4n) is 4.56. The lowest BCUT2D eigenvalue weighted by Gasteiger charge is -2.28. The van der Waals surface area contributed by atoms with Crippen LogP contribution in [0.15, 0.2) is 46.9 Å². The van der Waals surface area contributed by atoms with Crippen molar-refractivity contribution < 1.29 is 19.5 Å². The van der Waals surface area contributed by atoms with Gasteiger partial charge >= 0.3 is 5.97 Å². The van der Waals surface area contributed by atoms with Crippen LogP contribution in [-0.4, -0.2) is 35.3 Å². The number of phenolic OH excluding ortho intramolecular Hbond substituents is 1. The third-order valence-corrected chi connectivity index (χ3v) is 6.94. The lowest BCUT2D eigenvalue weighted by molar-refractivity contribution is -0.920. The summed E-state index contributed by atoms with van der Waals surface area (Å²) in [6.45, 7) is 8.09. The second-order valence-corrected chi connectivity index (χ2v) is 9.40. The van der Waals surface area contributed by atoms with Crippen LogP contribution in [0.3, 0.4) is 0 Å². The van der Waals surface area contributed by atoms with Gasteiger partial charge in [-0.05, 0) is 59.3 Å². The first kappa shape index (κ1) is 21.9. The van der Waals surface area contributed by atoms with E-state index in [0.29, 0.717) is 23.2 Å². The summed E-state index contributed by atoms with van der Waals surface area (Å²) in [6.07, 6.45) is 2.41. The highest BCUT2D eigenvalue weighted by Crippen LogP contribution is 2.35. The molecule has 1 saturated heterocycles. The van der Waals surface area contributed by atoms with Gasteiger partial charge in [0.15, 0.2) is 0 Å². The molecule has 0 unspecified atom stereocenters. The van der Waals surface area contributed by atoms with Crippen LogP contribution in [0.25, 0.3) is 10.9 Å². The molecule has 31 heavy (non-hydrogen) atoms. The van der Waals surface area contributed by atoms with Crippen molar-refractivity contribution in [3.63, 3.8) is 0 Å². The first-order valence-corrected chi connectivity index (χ1v) is 11.9. The molecule has 0 saturated carbocycles. The van der Waals surface area contributed by atoms with Gasteiger partial charge in [0.1, 0.15) is 12.3 Å². The summed E-state index contributed by atoms with van der Waals surface area (Å²) in [7, 11) is 0. The second-order valence-electron chi connectivity index (χ2n) is 8.54. The van der Waals surface area contributed by atoms with Crippen molar-refractivity contribution in [3.8, 4) is 5.75 Å². The number of aromatic hydroxyl groups is 1. The van der Waals surface area contributed by atoms with Crippen molar-refractivity contribution in [3.05, 3.63) is 63.8 Å². The van der Waals surface area contributed by atoms with E-state index in [1.54, 1.807) is 6.07 Å². The number of benzene rings is 2. The molecule has 2 heterocycles. The third-order valence-electron chi connectivity index (χ3n) is 6.30. The number of halogens is 1. The fourth-order valence-corrected chi connectivity index (χ4v) is 4.89. The molecular formula is C25H30BrN2O3+. The molecule has 0 atom stereocenters. The average Bonchev–Trinajstić information content (AvgIpc) is 3.03. The number of ether oxygens (including phenoxy) is 1. The first-order chi connectivity index (χ1) is 15.0. The van der Waals surface area contributed by atoms with Crippen LogP contribution in [0.2, 0.25) is 0 Å². The van der Waals surface area contributed by atoms with Gasteiger partial charge in [0.05, 0.1) is 40.9 Å². The van der Waals surface area contributed by atoms with E-state index >= 15 is 0 Å². The number of esters is 1. The number of carbonyl (C=O) groups is 1. The van der Waals surface area contributed by atoms with Crippen LogP contribution in [0.5, 0.6) is 5.75 Å². The van der Waals surface area contributed by atoms with E-state index in [0.717, 1.165) is 42.1 Å². The zero-order valence-electron chi connectivity index (χ0n) is 18.2. The van der Waals surface area contributed by atoms with Crippen LogP contribution >= 0.6 is 15.9 Å². The van der Waals surface area contributed by atoms with E-state index in [4.69, 9.17) is 4.74 Å². The number of piperidine rings is 1. The van der Waals surface area contributed by atoms with Crippen molar-refractivity contribution in [2.24, 2.45) is 5.92 Å². The highest BCUT2D eigenvalue weighted by Gasteiger charge is 2.29. The SMILES string of the molecule is CCOC(=O)c1c(C[NH+]2CCC(C)CC2)n(Cc2ccccc2)c2cc(Br)c(O)cc12. The number of hydrogen-bond acceptors (Lipinski definition) is 3. The summed E-state index contributed by atoms with van der Waals surface area (Å²) in [6, 6.07) is 13.9. The van der Waals surface area contributed by atoms with E-state index in [2.05, 4.69) is 39.6 Å². The number of aromatic nitrogens is 1. The zero-order valence-corrected chi connectivity index (χ0v) is 19.7. The average molecular weight is 486 g/mol. The van der Waals surface area contributed by atoms with Crippen LogP contribution in [0.1, 0.15) is 48.3 Å². The van der Waals surface area contributed by atoms with Crippen molar-refractivity contribution in [2.45, 2.75) is 39.8 Å². The Labute approximate surface area is 191 Å². The fraction of sp³-hybridized carbons (Fsp3) is 0.400. The first-order valence-electron chi connectivity index (χ1n) is 11.1. The minimum atomic E-state index is -0.319. The van der Waals surface area contributed by atoms with E-state index in [1.807, 2.05) is 31.2 Å². The van der Waals surface area contributed by atoms with Crippen molar-refractivity contribution in [1.29, 1.82) is 0 Å². The molecular weight excluding hydrogens is 456 g/mol. The predicted molar refractivity (Wildman–Crippen MR) is 126 cm³/mol. The number of fused-ring (bicyclic) bond motifs is 1. The maximum Gasteiger partial charge on any atom is 0.340 e. The Balaban J connectivity index is 1.88. The van der Waals surface area contributed by atoms with Gasteiger partial charge in [0.2, 0.25) is 0 Å². The quantitative estimate of drug-likeness (QED) is 0.515. The Kier molecular flexibility index (Phi) is 6.68. The van der Waals surface area contributed by atoms with E-state index in [9.17, 15) is 9.90 Å². The van der Waals surface area contributed by atoms with Gasteiger partial charge in [-0.1, -0.05) is 37.3 Å². The summed E-state index contributed by atoms with van der Waals surface area (Å²) < 4.78 is 8.31. The molecule has 0 amide bonds. The Morgan fingerprint density at radius 2 is 1.94 bits per heavy atom. The van der Waals surface area contributed by atoms with E-state index < -0.39 is 0 Å². The molecule has 3 aromatic rings.